The Morgan fingerprint density at radius 1 is 1.50 bits per heavy atom. The van der Waals surface area contributed by atoms with Crippen LogP contribution in [-0.4, -0.2) is 24.1 Å². The lowest BCUT2D eigenvalue weighted by Crippen LogP contribution is -2.30. The zero-order valence-corrected chi connectivity index (χ0v) is 10.5. The van der Waals surface area contributed by atoms with E-state index in [1.807, 2.05) is 0 Å². The van der Waals surface area contributed by atoms with Crippen molar-refractivity contribution >= 4 is 16.5 Å². The van der Waals surface area contributed by atoms with Gasteiger partial charge in [0.25, 0.3) is 0 Å². The largest absolute Gasteiger partial charge is 0.347 e. The molecule has 0 aromatic carbocycles. The lowest BCUT2D eigenvalue weighted by atomic mass is 9.98. The van der Waals surface area contributed by atoms with Gasteiger partial charge in [0.2, 0.25) is 0 Å². The van der Waals surface area contributed by atoms with Crippen molar-refractivity contribution < 1.29 is 0 Å². The molecule has 2 aliphatic rings. The normalized spacial score (nSPS) is 33.4. The highest BCUT2D eigenvalue weighted by Crippen LogP contribution is 2.39. The minimum Gasteiger partial charge on any atom is -0.347 e. The van der Waals surface area contributed by atoms with Crippen LogP contribution in [0.25, 0.3) is 0 Å². The second kappa shape index (κ2) is 4.00. The fraction of sp³-hybridized carbons (Fsp3) is 0.750. The van der Waals surface area contributed by atoms with Gasteiger partial charge in [0.1, 0.15) is 0 Å². The van der Waals surface area contributed by atoms with E-state index in [2.05, 4.69) is 22.2 Å². The minimum absolute atomic E-state index is 0.431. The van der Waals surface area contributed by atoms with Gasteiger partial charge in [-0.25, -0.2) is 4.98 Å². The number of thiazole rings is 1. The molecule has 0 amide bonds. The van der Waals surface area contributed by atoms with Gasteiger partial charge in [-0.15, -0.1) is 11.3 Å². The number of fused-ring (bicyclic) bond motifs is 1. The predicted octanol–water partition coefficient (Wildman–Crippen LogP) is 1.88. The fourth-order valence-corrected chi connectivity index (χ4v) is 4.00. The van der Waals surface area contributed by atoms with Crippen molar-refractivity contribution in [2.45, 2.75) is 32.2 Å². The molecule has 3 rings (SSSR count). The van der Waals surface area contributed by atoms with Crippen molar-refractivity contribution in [2.75, 3.05) is 18.0 Å². The van der Waals surface area contributed by atoms with E-state index in [1.165, 1.54) is 30.2 Å². The molecule has 3 unspecified atom stereocenters. The zero-order valence-electron chi connectivity index (χ0n) is 9.72. The van der Waals surface area contributed by atoms with E-state index in [1.54, 1.807) is 11.3 Å². The molecule has 2 N–H and O–H groups in total. The lowest BCUT2D eigenvalue weighted by molar-refractivity contribution is 0.453. The Morgan fingerprint density at radius 3 is 3.06 bits per heavy atom. The first-order valence-corrected chi connectivity index (χ1v) is 7.11. The van der Waals surface area contributed by atoms with Gasteiger partial charge in [-0.2, -0.15) is 0 Å². The third kappa shape index (κ3) is 1.64. The molecule has 1 aliphatic heterocycles. The summed E-state index contributed by atoms with van der Waals surface area (Å²) in [5.74, 6) is 1.54. The van der Waals surface area contributed by atoms with E-state index in [4.69, 9.17) is 5.73 Å². The molecule has 16 heavy (non-hydrogen) atoms. The Bertz CT molecular complexity index is 376. The molecule has 1 saturated heterocycles. The standard InChI is InChI=1S/C12H19N3S/c1-2-9-7-16-12(14-9)15-5-8-3-4-11(13)10(8)6-15/h7-8,10-11H,2-6,13H2,1H3. The van der Waals surface area contributed by atoms with Gasteiger partial charge in [0.15, 0.2) is 5.13 Å². The Labute approximate surface area is 101 Å². The molecule has 3 atom stereocenters. The smallest absolute Gasteiger partial charge is 0.185 e. The highest BCUT2D eigenvalue weighted by molar-refractivity contribution is 7.13. The second-order valence-corrected chi connectivity index (χ2v) is 5.88. The molecule has 0 radical (unpaired) electrons. The van der Waals surface area contributed by atoms with Crippen molar-refractivity contribution in [1.29, 1.82) is 0 Å². The number of aryl methyl sites for hydroxylation is 1. The molecule has 0 spiro atoms. The molecular weight excluding hydrogens is 218 g/mol. The average Bonchev–Trinajstić information content (AvgIpc) is 2.95. The maximum absolute atomic E-state index is 6.15. The van der Waals surface area contributed by atoms with Crippen LogP contribution in [0.15, 0.2) is 5.38 Å². The summed E-state index contributed by atoms with van der Waals surface area (Å²) in [6, 6.07) is 0.431. The minimum atomic E-state index is 0.431. The number of anilines is 1. The number of hydrogen-bond acceptors (Lipinski definition) is 4. The molecule has 2 fully saturated rings. The third-order valence-electron chi connectivity index (χ3n) is 4.08. The van der Waals surface area contributed by atoms with Crippen LogP contribution in [0, 0.1) is 11.8 Å². The number of hydrogen-bond donors (Lipinski definition) is 1. The summed E-state index contributed by atoms with van der Waals surface area (Å²) in [5, 5.41) is 3.39. The molecule has 1 aromatic rings. The van der Waals surface area contributed by atoms with Crippen molar-refractivity contribution in [1.82, 2.24) is 4.98 Å². The molecule has 1 aliphatic carbocycles. The van der Waals surface area contributed by atoms with Gasteiger partial charge >= 0.3 is 0 Å². The van der Waals surface area contributed by atoms with E-state index in [0.29, 0.717) is 12.0 Å². The van der Waals surface area contributed by atoms with Gasteiger partial charge in [-0.3, -0.25) is 0 Å². The first kappa shape index (κ1) is 10.5. The van der Waals surface area contributed by atoms with Crippen LogP contribution in [0.3, 0.4) is 0 Å². The van der Waals surface area contributed by atoms with E-state index in [0.717, 1.165) is 18.9 Å². The molecule has 0 bridgehead atoms. The molecule has 4 heteroatoms. The molecule has 1 saturated carbocycles. The Morgan fingerprint density at radius 2 is 2.38 bits per heavy atom. The number of rotatable bonds is 2. The molecule has 3 nitrogen and oxygen atoms in total. The highest BCUT2D eigenvalue weighted by Gasteiger charge is 2.41. The van der Waals surface area contributed by atoms with Crippen molar-refractivity contribution in [3.63, 3.8) is 0 Å². The third-order valence-corrected chi connectivity index (χ3v) is 5.03. The second-order valence-electron chi connectivity index (χ2n) is 5.05. The highest BCUT2D eigenvalue weighted by atomic mass is 32.1. The van der Waals surface area contributed by atoms with Crippen LogP contribution in [0.2, 0.25) is 0 Å². The monoisotopic (exact) mass is 237 g/mol. The first-order chi connectivity index (χ1) is 7.78. The van der Waals surface area contributed by atoms with Gasteiger partial charge in [-0.05, 0) is 31.1 Å². The molecule has 2 heterocycles. The van der Waals surface area contributed by atoms with Gasteiger partial charge in [0, 0.05) is 24.5 Å². The lowest BCUT2D eigenvalue weighted by Gasteiger charge is -2.17. The van der Waals surface area contributed by atoms with Crippen LogP contribution in [0.4, 0.5) is 5.13 Å². The summed E-state index contributed by atoms with van der Waals surface area (Å²) < 4.78 is 0. The molecule has 1 aromatic heterocycles. The van der Waals surface area contributed by atoms with Crippen molar-refractivity contribution in [2.24, 2.45) is 17.6 Å². The van der Waals surface area contributed by atoms with E-state index in [9.17, 15) is 0 Å². The van der Waals surface area contributed by atoms with Crippen molar-refractivity contribution in [3.8, 4) is 0 Å². The SMILES string of the molecule is CCc1csc(N2CC3CCC(N)C3C2)n1. The van der Waals surface area contributed by atoms with Gasteiger partial charge in [-0.1, -0.05) is 6.92 Å². The maximum Gasteiger partial charge on any atom is 0.185 e. The topological polar surface area (TPSA) is 42.1 Å². The number of aromatic nitrogens is 1. The van der Waals surface area contributed by atoms with Gasteiger partial charge in [0.05, 0.1) is 5.69 Å². The molecule has 88 valence electrons. The number of nitrogens with zero attached hydrogens (tertiary/aromatic N) is 2. The van der Waals surface area contributed by atoms with E-state index in [-0.39, 0.29) is 0 Å². The average molecular weight is 237 g/mol. The maximum atomic E-state index is 6.15. The van der Waals surface area contributed by atoms with Crippen molar-refractivity contribution in [3.05, 3.63) is 11.1 Å². The predicted molar refractivity (Wildman–Crippen MR) is 67.9 cm³/mol. The Hall–Kier alpha value is -0.610. The zero-order chi connectivity index (χ0) is 11.1. The summed E-state index contributed by atoms with van der Waals surface area (Å²) in [7, 11) is 0. The first-order valence-electron chi connectivity index (χ1n) is 6.23. The van der Waals surface area contributed by atoms with Crippen LogP contribution >= 0.6 is 11.3 Å². The molecular formula is C12H19N3S. The van der Waals surface area contributed by atoms with E-state index < -0.39 is 0 Å². The van der Waals surface area contributed by atoms with Crippen LogP contribution in [-0.2, 0) is 6.42 Å². The number of nitrogens with two attached hydrogens (primary N) is 1. The summed E-state index contributed by atoms with van der Waals surface area (Å²) in [6.07, 6.45) is 3.58. The fourth-order valence-electron chi connectivity index (χ4n) is 3.07. The van der Waals surface area contributed by atoms with Gasteiger partial charge < -0.3 is 10.6 Å². The summed E-state index contributed by atoms with van der Waals surface area (Å²) >= 11 is 1.79. The summed E-state index contributed by atoms with van der Waals surface area (Å²) in [5.41, 5.74) is 7.37. The summed E-state index contributed by atoms with van der Waals surface area (Å²) in [4.78, 5) is 7.11. The Balaban J connectivity index is 1.74. The summed E-state index contributed by atoms with van der Waals surface area (Å²) in [6.45, 7) is 4.46. The van der Waals surface area contributed by atoms with Crippen LogP contribution < -0.4 is 10.6 Å². The van der Waals surface area contributed by atoms with Crippen LogP contribution in [0.5, 0.6) is 0 Å². The van der Waals surface area contributed by atoms with E-state index >= 15 is 0 Å². The Kier molecular flexibility index (Phi) is 2.64. The quantitative estimate of drug-likeness (QED) is 0.854. The van der Waals surface area contributed by atoms with Crippen LogP contribution in [0.1, 0.15) is 25.5 Å².